The molecule has 2 heterocycles. The first-order valence-corrected chi connectivity index (χ1v) is 8.67. The van der Waals surface area contributed by atoms with Crippen LogP contribution in [-0.2, 0) is 14.8 Å². The predicted molar refractivity (Wildman–Crippen MR) is 87.5 cm³/mol. The van der Waals surface area contributed by atoms with E-state index in [1.54, 1.807) is 6.92 Å². The Hall–Kier alpha value is -1.09. The molecule has 2 unspecified atom stereocenters. The Morgan fingerprint density at radius 3 is 2.57 bits per heavy atom. The van der Waals surface area contributed by atoms with Gasteiger partial charge in [-0.15, -0.1) is 12.4 Å². The van der Waals surface area contributed by atoms with Gasteiger partial charge in [0.1, 0.15) is 22.0 Å². The van der Waals surface area contributed by atoms with Crippen molar-refractivity contribution in [2.75, 3.05) is 20.2 Å². The van der Waals surface area contributed by atoms with Crippen LogP contribution in [0.1, 0.15) is 35.2 Å². The van der Waals surface area contributed by atoms with E-state index >= 15 is 0 Å². The zero-order valence-corrected chi connectivity index (χ0v) is 15.3. The molecular weight excluding hydrogens is 344 g/mol. The van der Waals surface area contributed by atoms with Crippen LogP contribution in [0.25, 0.3) is 0 Å². The molecule has 1 saturated heterocycles. The number of methoxy groups -OCH3 is 1. The molecule has 0 aliphatic carbocycles. The van der Waals surface area contributed by atoms with Crippen LogP contribution in [0.5, 0.6) is 0 Å². The van der Waals surface area contributed by atoms with Crippen LogP contribution in [0.2, 0.25) is 0 Å². The third-order valence-corrected chi connectivity index (χ3v) is 5.60. The minimum absolute atomic E-state index is 0. The second-order valence-electron chi connectivity index (χ2n) is 5.61. The van der Waals surface area contributed by atoms with Gasteiger partial charge in [-0.1, -0.05) is 6.92 Å². The van der Waals surface area contributed by atoms with E-state index in [-0.39, 0.29) is 46.3 Å². The average Bonchev–Trinajstić information content (AvgIpc) is 2.75. The van der Waals surface area contributed by atoms with Crippen molar-refractivity contribution in [3.63, 3.8) is 0 Å². The zero-order valence-electron chi connectivity index (χ0n) is 13.6. The lowest BCUT2D eigenvalue weighted by atomic mass is 9.97. The van der Waals surface area contributed by atoms with Crippen LogP contribution >= 0.6 is 12.4 Å². The molecule has 9 heteroatoms. The summed E-state index contributed by atoms with van der Waals surface area (Å²) in [7, 11) is -2.65. The molecule has 23 heavy (non-hydrogen) atoms. The monoisotopic (exact) mass is 366 g/mol. The highest BCUT2D eigenvalue weighted by Crippen LogP contribution is 2.28. The molecule has 1 aliphatic rings. The van der Waals surface area contributed by atoms with Gasteiger partial charge in [-0.25, -0.2) is 17.9 Å². The Labute approximate surface area is 142 Å². The van der Waals surface area contributed by atoms with E-state index in [4.69, 9.17) is 4.42 Å². The van der Waals surface area contributed by atoms with Crippen molar-refractivity contribution in [2.24, 2.45) is 5.92 Å². The van der Waals surface area contributed by atoms with Gasteiger partial charge in [-0.2, -0.15) is 0 Å². The molecule has 2 N–H and O–H groups in total. The van der Waals surface area contributed by atoms with Gasteiger partial charge < -0.3 is 14.5 Å². The lowest BCUT2D eigenvalue weighted by Gasteiger charge is -2.29. The fraction of sp³-hybridized carbons (Fsp3) is 0.643. The smallest absolute Gasteiger partial charge is 0.342 e. The molecule has 0 bridgehead atoms. The highest BCUT2D eigenvalue weighted by Gasteiger charge is 2.34. The summed E-state index contributed by atoms with van der Waals surface area (Å²) in [5.74, 6) is -0.124. The lowest BCUT2D eigenvalue weighted by molar-refractivity contribution is 0.0594. The summed E-state index contributed by atoms with van der Waals surface area (Å²) in [4.78, 5) is 11.8. The molecule has 0 spiro atoms. The van der Waals surface area contributed by atoms with Crippen molar-refractivity contribution >= 4 is 28.4 Å². The number of hydrogen-bond donors (Lipinski definition) is 2. The van der Waals surface area contributed by atoms with Gasteiger partial charge in [0, 0.05) is 6.04 Å². The summed E-state index contributed by atoms with van der Waals surface area (Å²) < 4.78 is 38.2. The summed E-state index contributed by atoms with van der Waals surface area (Å²) in [5.41, 5.74) is -0.0333. The Kier molecular flexibility index (Phi) is 6.64. The maximum Gasteiger partial charge on any atom is 0.342 e. The van der Waals surface area contributed by atoms with E-state index < -0.39 is 16.0 Å². The number of furan rings is 1. The van der Waals surface area contributed by atoms with Crippen LogP contribution in [0.4, 0.5) is 0 Å². The molecule has 1 fully saturated rings. The largest absolute Gasteiger partial charge is 0.465 e. The van der Waals surface area contributed by atoms with E-state index in [0.29, 0.717) is 6.42 Å². The maximum absolute atomic E-state index is 12.7. The number of carbonyl (C=O) groups is 1. The number of carbonyl (C=O) groups excluding carboxylic acids is 1. The second-order valence-corrected chi connectivity index (χ2v) is 7.26. The Bertz CT molecular complexity index is 671. The Balaban J connectivity index is 0.00000264. The predicted octanol–water partition coefficient (Wildman–Crippen LogP) is 1.38. The molecule has 2 rings (SSSR count). The number of sulfonamides is 1. The number of ether oxygens (including phenoxy) is 1. The number of halogens is 1. The molecular formula is C14H23ClN2O5S. The molecule has 2 atom stereocenters. The van der Waals surface area contributed by atoms with Gasteiger partial charge in [0.25, 0.3) is 0 Å². The normalized spacial score (nSPS) is 21.6. The first kappa shape index (κ1) is 20.0. The maximum atomic E-state index is 12.7. The van der Waals surface area contributed by atoms with E-state index in [1.807, 2.05) is 6.92 Å². The lowest BCUT2D eigenvalue weighted by Crippen LogP contribution is -2.48. The fourth-order valence-electron chi connectivity index (χ4n) is 2.77. The van der Waals surface area contributed by atoms with Crippen LogP contribution in [0.3, 0.4) is 0 Å². The summed E-state index contributed by atoms with van der Waals surface area (Å²) >= 11 is 0. The number of aryl methyl sites for hydroxylation is 2. The second kappa shape index (κ2) is 7.65. The number of hydrogen-bond acceptors (Lipinski definition) is 6. The quantitative estimate of drug-likeness (QED) is 0.781. The van der Waals surface area contributed by atoms with Crippen LogP contribution in [0.15, 0.2) is 9.31 Å². The molecule has 1 aliphatic heterocycles. The Morgan fingerprint density at radius 2 is 2.00 bits per heavy atom. The van der Waals surface area contributed by atoms with Crippen LogP contribution < -0.4 is 10.0 Å². The summed E-state index contributed by atoms with van der Waals surface area (Å²) in [6, 6.07) is -0.175. The number of rotatable bonds is 4. The summed E-state index contributed by atoms with van der Waals surface area (Å²) in [6.45, 7) is 6.56. The summed E-state index contributed by atoms with van der Waals surface area (Å²) in [6.07, 6.45) is 0.698. The van der Waals surface area contributed by atoms with Crippen LogP contribution in [0, 0.1) is 19.8 Å². The van der Waals surface area contributed by atoms with Gasteiger partial charge >= 0.3 is 5.97 Å². The van der Waals surface area contributed by atoms with Crippen molar-refractivity contribution < 1.29 is 22.4 Å². The van der Waals surface area contributed by atoms with Crippen LogP contribution in [-0.4, -0.2) is 40.6 Å². The first-order chi connectivity index (χ1) is 10.3. The van der Waals surface area contributed by atoms with Crippen molar-refractivity contribution in [1.29, 1.82) is 0 Å². The fourth-order valence-corrected chi connectivity index (χ4v) is 4.55. The minimum atomic E-state index is -3.86. The molecule has 0 amide bonds. The summed E-state index contributed by atoms with van der Waals surface area (Å²) in [5, 5.41) is 3.22. The van der Waals surface area contributed by atoms with Gasteiger partial charge in [-0.3, -0.25) is 0 Å². The van der Waals surface area contributed by atoms with Gasteiger partial charge in [0.05, 0.1) is 7.11 Å². The van der Waals surface area contributed by atoms with Gasteiger partial charge in [0.15, 0.2) is 0 Å². The molecule has 7 nitrogen and oxygen atoms in total. The topological polar surface area (TPSA) is 97.6 Å². The minimum Gasteiger partial charge on any atom is -0.465 e. The number of piperidine rings is 1. The van der Waals surface area contributed by atoms with E-state index in [1.165, 1.54) is 14.0 Å². The Morgan fingerprint density at radius 1 is 1.35 bits per heavy atom. The third kappa shape index (κ3) is 4.06. The number of nitrogens with one attached hydrogen (secondary N) is 2. The molecule has 0 radical (unpaired) electrons. The van der Waals surface area contributed by atoms with Gasteiger partial charge in [-0.05, 0) is 39.3 Å². The first-order valence-electron chi connectivity index (χ1n) is 7.19. The van der Waals surface area contributed by atoms with Crippen molar-refractivity contribution in [3.05, 3.63) is 17.1 Å². The molecule has 0 aromatic carbocycles. The standard InChI is InChI=1S/C14H22N2O5S.ClH/c1-8-7-15-6-5-11(8)16-22(18,19)13-10(3)21-9(2)12(13)14(17)20-4;/h8,11,15-16H,5-7H2,1-4H3;1H. The van der Waals surface area contributed by atoms with E-state index in [0.717, 1.165) is 13.1 Å². The van der Waals surface area contributed by atoms with Crippen molar-refractivity contribution in [1.82, 2.24) is 10.0 Å². The highest BCUT2D eigenvalue weighted by molar-refractivity contribution is 7.89. The van der Waals surface area contributed by atoms with Crippen molar-refractivity contribution in [2.45, 2.75) is 38.1 Å². The average molecular weight is 367 g/mol. The van der Waals surface area contributed by atoms with Crippen molar-refractivity contribution in [3.8, 4) is 0 Å². The molecule has 1 aromatic heterocycles. The SMILES string of the molecule is COC(=O)c1c(C)oc(C)c1S(=O)(=O)NC1CCNCC1C.Cl. The molecule has 0 saturated carbocycles. The van der Waals surface area contributed by atoms with E-state index in [9.17, 15) is 13.2 Å². The van der Waals surface area contributed by atoms with Gasteiger partial charge in [0.2, 0.25) is 10.0 Å². The highest BCUT2D eigenvalue weighted by atomic mass is 35.5. The molecule has 1 aromatic rings. The number of esters is 1. The third-order valence-electron chi connectivity index (χ3n) is 3.96. The zero-order chi connectivity index (χ0) is 16.5. The van der Waals surface area contributed by atoms with E-state index in [2.05, 4.69) is 14.8 Å². The molecule has 132 valence electrons.